The van der Waals surface area contributed by atoms with Gasteiger partial charge in [0, 0.05) is 15.7 Å². The molecule has 1 N–H and O–H groups in total. The quantitative estimate of drug-likeness (QED) is 0.381. The average molecular weight is 436 g/mol. The summed E-state index contributed by atoms with van der Waals surface area (Å²) in [6.07, 6.45) is 3.96. The highest BCUT2D eigenvalue weighted by molar-refractivity contribution is 8.00. The first-order chi connectivity index (χ1) is 13.2. The number of amides is 1. The van der Waals surface area contributed by atoms with Crippen molar-refractivity contribution in [1.82, 2.24) is 10.2 Å². The number of hydrogen-bond acceptors (Lipinski definition) is 6. The van der Waals surface area contributed by atoms with Crippen molar-refractivity contribution < 1.29 is 4.79 Å². The molecule has 0 atom stereocenters. The first-order valence-electron chi connectivity index (χ1n) is 8.72. The summed E-state index contributed by atoms with van der Waals surface area (Å²) >= 11 is 10.8. The Balaban J connectivity index is 1.43. The summed E-state index contributed by atoms with van der Waals surface area (Å²) in [4.78, 5) is 14.2. The number of thioether (sulfide) groups is 1. The molecule has 1 fully saturated rings. The maximum Gasteiger partial charge on any atom is 0.237 e. The van der Waals surface area contributed by atoms with Crippen LogP contribution in [0.4, 0.5) is 5.13 Å². The number of halogens is 1. The molecular formula is C19H18ClN3OS3. The Bertz CT molecular complexity index is 920. The normalized spacial score (nSPS) is 15.7. The van der Waals surface area contributed by atoms with Crippen molar-refractivity contribution in [3.05, 3.63) is 57.2 Å². The number of aromatic nitrogens is 2. The molecule has 1 aliphatic rings. The van der Waals surface area contributed by atoms with Gasteiger partial charge in [-0.3, -0.25) is 10.1 Å². The summed E-state index contributed by atoms with van der Waals surface area (Å²) in [6.45, 7) is 0. The van der Waals surface area contributed by atoms with Crippen LogP contribution in [-0.4, -0.2) is 16.1 Å². The van der Waals surface area contributed by atoms with Crippen molar-refractivity contribution in [3.8, 4) is 0 Å². The molecule has 0 radical (unpaired) electrons. The van der Waals surface area contributed by atoms with E-state index in [0.29, 0.717) is 5.13 Å². The van der Waals surface area contributed by atoms with Crippen LogP contribution >= 0.6 is 46.0 Å². The van der Waals surface area contributed by atoms with Crippen molar-refractivity contribution >= 4 is 57.1 Å². The first-order valence-corrected chi connectivity index (χ1v) is 11.8. The van der Waals surface area contributed by atoms with Gasteiger partial charge >= 0.3 is 0 Å². The maximum atomic E-state index is 13.1. The van der Waals surface area contributed by atoms with Crippen LogP contribution in [0.2, 0.25) is 5.02 Å². The van der Waals surface area contributed by atoms with E-state index in [9.17, 15) is 4.79 Å². The molecule has 0 bridgehead atoms. The fraction of sp³-hybridized carbons (Fsp3) is 0.316. The Morgan fingerprint density at radius 2 is 2.00 bits per heavy atom. The molecule has 8 heteroatoms. The van der Waals surface area contributed by atoms with Crippen LogP contribution in [0.1, 0.15) is 36.1 Å². The second-order valence-corrected chi connectivity index (χ2v) is 10.0. The molecule has 2 heterocycles. The molecule has 4 nitrogen and oxygen atoms in total. The highest BCUT2D eigenvalue weighted by Crippen LogP contribution is 2.44. The van der Waals surface area contributed by atoms with E-state index in [1.807, 2.05) is 35.7 Å². The van der Waals surface area contributed by atoms with Crippen LogP contribution < -0.4 is 5.32 Å². The third-order valence-electron chi connectivity index (χ3n) is 4.82. The van der Waals surface area contributed by atoms with E-state index in [4.69, 9.17) is 11.6 Å². The number of nitrogens with zero attached hydrogens (tertiary/aromatic N) is 2. The van der Waals surface area contributed by atoms with Crippen LogP contribution in [0.3, 0.4) is 0 Å². The van der Waals surface area contributed by atoms with Crippen LogP contribution in [-0.2, 0) is 16.0 Å². The van der Waals surface area contributed by atoms with Gasteiger partial charge in [-0.1, -0.05) is 71.8 Å². The van der Waals surface area contributed by atoms with Gasteiger partial charge in [0.05, 0.1) is 5.41 Å². The van der Waals surface area contributed by atoms with E-state index in [2.05, 4.69) is 21.6 Å². The van der Waals surface area contributed by atoms with Crippen LogP contribution in [0, 0.1) is 0 Å². The van der Waals surface area contributed by atoms with Gasteiger partial charge in [0.2, 0.25) is 11.0 Å². The predicted octanol–water partition coefficient (Wildman–Crippen LogP) is 6.00. The summed E-state index contributed by atoms with van der Waals surface area (Å²) in [5.41, 5.74) is 0.651. The second-order valence-electron chi connectivity index (χ2n) is 6.47. The molecule has 1 amide bonds. The van der Waals surface area contributed by atoms with E-state index in [-0.39, 0.29) is 5.91 Å². The minimum absolute atomic E-state index is 0.0428. The van der Waals surface area contributed by atoms with Crippen LogP contribution in [0.5, 0.6) is 0 Å². The molecule has 2 aromatic heterocycles. The van der Waals surface area contributed by atoms with Gasteiger partial charge in [-0.05, 0) is 35.9 Å². The van der Waals surface area contributed by atoms with Crippen molar-refractivity contribution in [2.45, 2.75) is 41.2 Å². The number of anilines is 1. The monoisotopic (exact) mass is 435 g/mol. The zero-order chi connectivity index (χ0) is 18.7. The molecule has 0 aliphatic heterocycles. The first kappa shape index (κ1) is 18.9. The van der Waals surface area contributed by atoms with Gasteiger partial charge in [0.15, 0.2) is 4.34 Å². The lowest BCUT2D eigenvalue weighted by molar-refractivity contribution is -0.121. The number of thiophene rings is 1. The lowest BCUT2D eigenvalue weighted by Gasteiger charge is -2.25. The zero-order valence-electron chi connectivity index (χ0n) is 14.5. The summed E-state index contributed by atoms with van der Waals surface area (Å²) in [5, 5.41) is 14.7. The second kappa shape index (κ2) is 8.31. The number of nitrogens with one attached hydrogen (secondary N) is 1. The molecule has 4 rings (SSSR count). The van der Waals surface area contributed by atoms with Gasteiger partial charge in [-0.2, -0.15) is 0 Å². The number of benzene rings is 1. The standard InChI is InChI=1S/C19H18ClN3OS3/c20-14-7-2-1-6-13(14)12-26-18-23-22-17(27-18)21-16(24)19(9-3-4-10-19)15-8-5-11-25-15/h1-2,5-8,11H,3-4,9-10,12H2,(H,21,22,24). The van der Waals surface area contributed by atoms with Gasteiger partial charge in [0.25, 0.3) is 0 Å². The van der Waals surface area contributed by atoms with Crippen molar-refractivity contribution in [2.24, 2.45) is 0 Å². The Hall–Kier alpha value is -1.41. The molecule has 0 saturated heterocycles. The van der Waals surface area contributed by atoms with Gasteiger partial charge in [0.1, 0.15) is 0 Å². The largest absolute Gasteiger partial charge is 0.300 e. The van der Waals surface area contributed by atoms with Gasteiger partial charge in [-0.25, -0.2) is 0 Å². The maximum absolute atomic E-state index is 13.1. The fourth-order valence-corrected chi connectivity index (χ4v) is 6.42. The number of rotatable bonds is 6. The highest BCUT2D eigenvalue weighted by Gasteiger charge is 2.43. The zero-order valence-corrected chi connectivity index (χ0v) is 17.7. The highest BCUT2D eigenvalue weighted by atomic mass is 35.5. The number of hydrogen-bond donors (Lipinski definition) is 1. The summed E-state index contributed by atoms with van der Waals surface area (Å²) in [5.74, 6) is 0.766. The topological polar surface area (TPSA) is 54.9 Å². The van der Waals surface area contributed by atoms with Crippen LogP contribution in [0.25, 0.3) is 0 Å². The minimum Gasteiger partial charge on any atom is -0.300 e. The lowest BCUT2D eigenvalue weighted by atomic mass is 9.83. The summed E-state index contributed by atoms with van der Waals surface area (Å²) in [7, 11) is 0. The number of carbonyl (C=O) groups is 1. The molecule has 1 aliphatic carbocycles. The molecular weight excluding hydrogens is 418 g/mol. The molecule has 1 aromatic carbocycles. The Morgan fingerprint density at radius 3 is 2.74 bits per heavy atom. The average Bonchev–Trinajstić information content (AvgIpc) is 3.42. The van der Waals surface area contributed by atoms with Crippen LogP contribution in [0.15, 0.2) is 46.1 Å². The molecule has 0 unspecified atom stereocenters. The molecule has 140 valence electrons. The van der Waals surface area contributed by atoms with Gasteiger partial charge in [-0.15, -0.1) is 21.5 Å². The van der Waals surface area contributed by atoms with E-state index in [1.54, 1.807) is 23.1 Å². The van der Waals surface area contributed by atoms with Crippen molar-refractivity contribution in [3.63, 3.8) is 0 Å². The third kappa shape index (κ3) is 4.06. The van der Waals surface area contributed by atoms with Gasteiger partial charge < -0.3 is 0 Å². The Kier molecular flexibility index (Phi) is 5.82. The predicted molar refractivity (Wildman–Crippen MR) is 114 cm³/mol. The molecule has 0 spiro atoms. The number of carbonyl (C=O) groups excluding carboxylic acids is 1. The fourth-order valence-electron chi connectivity index (χ4n) is 3.41. The van der Waals surface area contributed by atoms with E-state index in [0.717, 1.165) is 51.2 Å². The summed E-state index contributed by atoms with van der Waals surface area (Å²) in [6, 6.07) is 11.9. The van der Waals surface area contributed by atoms with E-state index in [1.165, 1.54) is 11.3 Å². The van der Waals surface area contributed by atoms with Crippen molar-refractivity contribution in [2.75, 3.05) is 5.32 Å². The van der Waals surface area contributed by atoms with Crippen molar-refractivity contribution in [1.29, 1.82) is 0 Å². The van der Waals surface area contributed by atoms with E-state index >= 15 is 0 Å². The Morgan fingerprint density at radius 1 is 1.19 bits per heavy atom. The minimum atomic E-state index is -0.412. The smallest absolute Gasteiger partial charge is 0.237 e. The molecule has 27 heavy (non-hydrogen) atoms. The third-order valence-corrected chi connectivity index (χ3v) is 8.28. The molecule has 1 saturated carbocycles. The SMILES string of the molecule is O=C(Nc1nnc(SCc2ccccc2Cl)s1)C1(c2cccs2)CCCC1. The Labute approximate surface area is 175 Å². The summed E-state index contributed by atoms with van der Waals surface area (Å²) < 4.78 is 0.821. The lowest BCUT2D eigenvalue weighted by Crippen LogP contribution is -2.37. The molecule has 3 aromatic rings. The van der Waals surface area contributed by atoms with E-state index < -0.39 is 5.41 Å².